The summed E-state index contributed by atoms with van der Waals surface area (Å²) in [6.45, 7) is 0. The highest BCUT2D eigenvalue weighted by Gasteiger charge is 2.51. The van der Waals surface area contributed by atoms with Gasteiger partial charge in [0.1, 0.15) is 39.2 Å². The third-order valence-corrected chi connectivity index (χ3v) is 4.40. The van der Waals surface area contributed by atoms with E-state index >= 15 is 0 Å². The lowest BCUT2D eigenvalue weighted by molar-refractivity contribution is -0.121. The molecule has 0 amide bonds. The maximum atomic E-state index is 12.6. The monoisotopic (exact) mass is 291 g/mol. The molecule has 0 bridgehead atoms. The summed E-state index contributed by atoms with van der Waals surface area (Å²) in [7, 11) is 41.0. The maximum Gasteiger partial charge on any atom is 0.171 e. The Labute approximate surface area is 144 Å². The van der Waals surface area contributed by atoms with Gasteiger partial charge in [-0.25, -0.2) is 0 Å². The molecule has 2 N–H and O–H groups in total. The summed E-state index contributed by atoms with van der Waals surface area (Å²) in [4.78, 5) is 12.6. The van der Waals surface area contributed by atoms with Gasteiger partial charge in [0, 0.05) is 5.02 Å². The highest BCUT2D eigenvalue weighted by molar-refractivity contribution is 6.66. The molecule has 0 spiro atoms. The van der Waals surface area contributed by atoms with Gasteiger partial charge in [0.2, 0.25) is 0 Å². The highest BCUT2D eigenvalue weighted by atomic mass is 35.5. The lowest BCUT2D eigenvalue weighted by Crippen LogP contribution is -2.62. The van der Waals surface area contributed by atoms with Gasteiger partial charge >= 0.3 is 0 Å². The molecule has 2 nitrogen and oxygen atoms in total. The van der Waals surface area contributed by atoms with Gasteiger partial charge in [-0.1, -0.05) is 39.3 Å². The Morgan fingerprint density at radius 2 is 1.50 bits per heavy atom. The van der Waals surface area contributed by atoms with E-state index in [1.807, 2.05) is 0 Å². The molecular weight excluding hydrogens is 285 g/mol. The number of carbonyl (C=O) groups is 1. The predicted octanol–water partition coefficient (Wildman–Crippen LogP) is -3.85. The van der Waals surface area contributed by atoms with Crippen molar-refractivity contribution < 1.29 is 4.79 Å². The van der Waals surface area contributed by atoms with Crippen LogP contribution in [0.4, 0.5) is 0 Å². The molecular formula is C12H5B7ClNO. The minimum Gasteiger partial charge on any atom is -0.316 e. The molecule has 14 radical (unpaired) electrons. The first-order valence-corrected chi connectivity index (χ1v) is 6.63. The minimum atomic E-state index is -2.00. The average molecular weight is 290 g/mol. The number of allylic oxidation sites excluding steroid dienone is 1. The fourth-order valence-electron chi connectivity index (χ4n) is 2.50. The second-order valence-electron chi connectivity index (χ2n) is 5.38. The fraction of sp³-hybridized carbons (Fsp3) is 0.250. The van der Waals surface area contributed by atoms with Crippen LogP contribution in [0.3, 0.4) is 0 Å². The first kappa shape index (κ1) is 17.7. The van der Waals surface area contributed by atoms with Gasteiger partial charge < -0.3 is 5.73 Å². The summed E-state index contributed by atoms with van der Waals surface area (Å²) in [6.07, 6.45) is 1.42. The fourth-order valence-corrected chi connectivity index (χ4v) is 2.85. The Morgan fingerprint density at radius 3 is 2.05 bits per heavy atom. The molecule has 2 rings (SSSR count). The number of halogens is 1. The summed E-state index contributed by atoms with van der Waals surface area (Å²) in [5, 5.41) is -1.82. The highest BCUT2D eigenvalue weighted by Crippen LogP contribution is 2.47. The molecule has 0 saturated carbocycles. The summed E-state index contributed by atoms with van der Waals surface area (Å²) in [6, 6.07) is 0. The number of benzene rings is 1. The number of hydrogen-bond acceptors (Lipinski definition) is 2. The third kappa shape index (κ3) is 2.20. The van der Waals surface area contributed by atoms with E-state index in [2.05, 4.69) is 0 Å². The van der Waals surface area contributed by atoms with Crippen molar-refractivity contribution in [3.63, 3.8) is 0 Å². The second-order valence-corrected chi connectivity index (χ2v) is 5.76. The van der Waals surface area contributed by atoms with Crippen LogP contribution in [0.15, 0.2) is 11.5 Å². The Hall–Kier alpha value is -0.665. The number of rotatable bonds is 1. The molecule has 0 fully saturated rings. The van der Waals surface area contributed by atoms with Crippen LogP contribution < -0.4 is 27.6 Å². The van der Waals surface area contributed by atoms with Crippen LogP contribution in [0.25, 0.3) is 0 Å². The van der Waals surface area contributed by atoms with Crippen molar-refractivity contribution in [3.8, 4) is 0 Å². The summed E-state index contributed by atoms with van der Waals surface area (Å²) in [5.74, 6) is -0.721. The molecule has 1 aliphatic rings. The van der Waals surface area contributed by atoms with Crippen molar-refractivity contribution in [2.75, 3.05) is 0 Å². The first-order valence-electron chi connectivity index (χ1n) is 6.25. The molecule has 1 unspecified atom stereocenters. The van der Waals surface area contributed by atoms with Gasteiger partial charge in [0.25, 0.3) is 0 Å². The Morgan fingerprint density at radius 1 is 1.00 bits per heavy atom. The van der Waals surface area contributed by atoms with E-state index in [9.17, 15) is 4.79 Å². The van der Waals surface area contributed by atoms with Crippen molar-refractivity contribution in [2.24, 2.45) is 5.73 Å². The largest absolute Gasteiger partial charge is 0.316 e. The second kappa shape index (κ2) is 5.45. The van der Waals surface area contributed by atoms with Gasteiger partial charge in [-0.3, -0.25) is 4.79 Å². The predicted molar refractivity (Wildman–Crippen MR) is 96.5 cm³/mol. The molecule has 10 heteroatoms. The topological polar surface area (TPSA) is 43.1 Å². The van der Waals surface area contributed by atoms with Gasteiger partial charge in [0.05, 0.1) is 21.2 Å². The van der Waals surface area contributed by atoms with E-state index in [1.54, 1.807) is 0 Å². The Kier molecular flexibility index (Phi) is 4.38. The molecule has 0 aromatic heterocycles. The zero-order valence-electron chi connectivity index (χ0n) is 11.7. The van der Waals surface area contributed by atoms with E-state index in [1.165, 1.54) is 6.08 Å². The van der Waals surface area contributed by atoms with E-state index in [4.69, 9.17) is 72.3 Å². The number of ketones is 1. The van der Waals surface area contributed by atoms with Crippen LogP contribution in [-0.4, -0.2) is 60.7 Å². The van der Waals surface area contributed by atoms with Crippen LogP contribution in [0.5, 0.6) is 0 Å². The molecule has 1 aliphatic carbocycles. The molecule has 1 atom stereocenters. The summed E-state index contributed by atoms with van der Waals surface area (Å²) >= 11 is 6.19. The maximum absolute atomic E-state index is 12.6. The van der Waals surface area contributed by atoms with Crippen LogP contribution in [-0.2, 0) is 10.3 Å². The van der Waals surface area contributed by atoms with Gasteiger partial charge in [-0.05, 0) is 12.0 Å². The van der Waals surface area contributed by atoms with E-state index < -0.39 is 16.5 Å². The number of nitrogens with two attached hydrogens (primary N) is 1. The van der Waals surface area contributed by atoms with Crippen LogP contribution in [0.1, 0.15) is 12.0 Å². The summed E-state index contributed by atoms with van der Waals surface area (Å²) in [5.41, 5.74) is 3.83. The zero-order chi connectivity index (χ0) is 17.0. The number of hydrogen-bond donors (Lipinski definition) is 1. The van der Waals surface area contributed by atoms with Crippen molar-refractivity contribution in [3.05, 3.63) is 22.1 Å². The van der Waals surface area contributed by atoms with Crippen molar-refractivity contribution >= 4 is 94.2 Å². The number of carbonyl (C=O) groups excluding carboxylic acids is 1. The Balaban J connectivity index is 2.91. The van der Waals surface area contributed by atoms with Crippen molar-refractivity contribution in [1.82, 2.24) is 0 Å². The normalized spacial score (nSPS) is 24.1. The Bertz CT molecular complexity index is 689. The van der Waals surface area contributed by atoms with Crippen LogP contribution in [0, 0.1) is 0 Å². The molecule has 1 aromatic carbocycles. The number of Topliss-reactive ketones (excluding diaryl/α,β-unsaturated/α-hetero) is 1. The van der Waals surface area contributed by atoms with Crippen molar-refractivity contribution in [2.45, 2.75) is 17.2 Å². The molecule has 0 heterocycles. The molecule has 1 aromatic rings. The smallest absolute Gasteiger partial charge is 0.171 e. The molecule has 92 valence electrons. The van der Waals surface area contributed by atoms with Crippen LogP contribution in [0.2, 0.25) is 10.2 Å². The molecule has 0 aliphatic heterocycles. The summed E-state index contributed by atoms with van der Waals surface area (Å²) < 4.78 is 0. The van der Waals surface area contributed by atoms with Crippen LogP contribution >= 0.6 is 11.6 Å². The average Bonchev–Trinajstić information content (AvgIpc) is 2.46. The SMILES string of the molecule is [B]C1=CCC([B])([B])C(N)(c2c([B])c([B])c([B])c([B])c2Cl)C1=O. The standard InChI is InChI=1S/C12H5B7ClNO/c13-3-1-2-11(18,19)12(21,10(3)22)4-5(14)6(15)7(16)8(17)9(4)20/h1H,2,21H2. The van der Waals surface area contributed by atoms with Gasteiger partial charge in [-0.15, -0.1) is 10.9 Å². The minimum absolute atomic E-state index is 0.0127. The van der Waals surface area contributed by atoms with Gasteiger partial charge in [-0.2, -0.15) is 0 Å². The molecule has 0 saturated heterocycles. The quantitative estimate of drug-likeness (QED) is 0.538. The lowest BCUT2D eigenvalue weighted by atomic mass is 9.38. The van der Waals surface area contributed by atoms with Gasteiger partial charge in [0.15, 0.2) is 5.78 Å². The first-order chi connectivity index (χ1) is 9.96. The van der Waals surface area contributed by atoms with E-state index in [0.717, 1.165) is 0 Å². The zero-order valence-corrected chi connectivity index (χ0v) is 12.4. The van der Waals surface area contributed by atoms with Crippen molar-refractivity contribution in [1.29, 1.82) is 0 Å². The lowest BCUT2D eigenvalue weighted by Gasteiger charge is -2.48. The molecule has 22 heavy (non-hydrogen) atoms. The third-order valence-electron chi connectivity index (χ3n) is 4.00. The van der Waals surface area contributed by atoms with E-state index in [-0.39, 0.29) is 44.3 Å². The van der Waals surface area contributed by atoms with E-state index in [0.29, 0.717) is 0 Å².